The van der Waals surface area contributed by atoms with Gasteiger partial charge in [0.2, 0.25) is 0 Å². The van der Waals surface area contributed by atoms with Crippen molar-refractivity contribution in [1.82, 2.24) is 0 Å². The van der Waals surface area contributed by atoms with Crippen LogP contribution in [0.5, 0.6) is 0 Å². The van der Waals surface area contributed by atoms with E-state index in [1.807, 2.05) is 0 Å². The third-order valence-electron chi connectivity index (χ3n) is 3.63. The Bertz CT molecular complexity index is 719. The number of rotatable bonds is 7. The second kappa shape index (κ2) is 9.28. The van der Waals surface area contributed by atoms with Crippen molar-refractivity contribution in [2.75, 3.05) is 13.2 Å². The number of ether oxygens (including phenoxy) is 3. The normalized spacial score (nSPS) is 16.3. The molecule has 0 saturated carbocycles. The van der Waals surface area contributed by atoms with Crippen molar-refractivity contribution in [2.24, 2.45) is 0 Å². The maximum absolute atomic E-state index is 12.1. The molecule has 0 N–H and O–H groups in total. The quantitative estimate of drug-likeness (QED) is 0.402. The minimum absolute atomic E-state index is 0.146. The number of esters is 2. The van der Waals surface area contributed by atoms with E-state index in [1.165, 1.54) is 0 Å². The van der Waals surface area contributed by atoms with Crippen LogP contribution in [0, 0.1) is 11.3 Å². The molecule has 25 heavy (non-hydrogen) atoms. The first kappa shape index (κ1) is 18.3. The van der Waals surface area contributed by atoms with Gasteiger partial charge in [0, 0.05) is 30.1 Å². The predicted molar refractivity (Wildman–Crippen MR) is 89.6 cm³/mol. The number of nitriles is 1. The van der Waals surface area contributed by atoms with Gasteiger partial charge in [0.05, 0.1) is 11.8 Å². The van der Waals surface area contributed by atoms with E-state index in [-0.39, 0.29) is 19.2 Å². The number of carbonyl (C=O) groups is 2. The van der Waals surface area contributed by atoms with Gasteiger partial charge in [-0.1, -0.05) is 6.58 Å². The Hall–Kier alpha value is -3.07. The van der Waals surface area contributed by atoms with Crippen LogP contribution in [0.4, 0.5) is 0 Å². The second-order valence-electron chi connectivity index (χ2n) is 5.37. The average Bonchev–Trinajstić information content (AvgIpc) is 2.66. The van der Waals surface area contributed by atoms with E-state index >= 15 is 0 Å². The first-order chi connectivity index (χ1) is 12.1. The fraction of sp³-hybridized carbons (Fsp3) is 0.316. The molecule has 0 aromatic carbocycles. The average molecular weight is 341 g/mol. The van der Waals surface area contributed by atoms with Crippen molar-refractivity contribution < 1.29 is 23.8 Å². The molecule has 0 atom stereocenters. The summed E-state index contributed by atoms with van der Waals surface area (Å²) in [5, 5.41) is 8.79. The number of allylic oxidation sites excluding steroid dienone is 7. The van der Waals surface area contributed by atoms with Gasteiger partial charge in [0.1, 0.15) is 19.0 Å². The molecule has 0 spiro atoms. The Morgan fingerprint density at radius 3 is 2.44 bits per heavy atom. The maximum atomic E-state index is 12.1. The van der Waals surface area contributed by atoms with E-state index in [1.54, 1.807) is 24.3 Å². The topological polar surface area (TPSA) is 85.6 Å². The van der Waals surface area contributed by atoms with E-state index in [2.05, 4.69) is 12.6 Å². The van der Waals surface area contributed by atoms with Crippen LogP contribution in [0.15, 0.2) is 59.6 Å². The van der Waals surface area contributed by atoms with Crippen LogP contribution in [0.3, 0.4) is 0 Å². The highest BCUT2D eigenvalue weighted by Gasteiger charge is 2.18. The Balaban J connectivity index is 1.80. The Labute approximate surface area is 146 Å². The number of nitrogens with zero attached hydrogens (tertiary/aromatic N) is 1. The van der Waals surface area contributed by atoms with Gasteiger partial charge in [0.25, 0.3) is 0 Å². The zero-order valence-electron chi connectivity index (χ0n) is 13.8. The summed E-state index contributed by atoms with van der Waals surface area (Å²) in [6, 6.07) is 2.09. The number of hydrogen-bond donors (Lipinski definition) is 0. The van der Waals surface area contributed by atoms with E-state index < -0.39 is 5.97 Å². The molecule has 130 valence electrons. The molecule has 0 heterocycles. The van der Waals surface area contributed by atoms with Gasteiger partial charge in [-0.2, -0.15) is 5.26 Å². The van der Waals surface area contributed by atoms with Gasteiger partial charge in [-0.25, -0.2) is 9.59 Å². The van der Waals surface area contributed by atoms with Gasteiger partial charge in [-0.05, 0) is 37.1 Å². The van der Waals surface area contributed by atoms with Crippen LogP contribution in [-0.4, -0.2) is 25.2 Å². The monoisotopic (exact) mass is 341 g/mol. The smallest absolute Gasteiger partial charge is 0.339 e. The van der Waals surface area contributed by atoms with E-state index in [0.717, 1.165) is 11.8 Å². The van der Waals surface area contributed by atoms with Gasteiger partial charge in [0.15, 0.2) is 0 Å². The molecule has 0 bridgehead atoms. The molecule has 0 aliphatic heterocycles. The fourth-order valence-electron chi connectivity index (χ4n) is 2.26. The van der Waals surface area contributed by atoms with Crippen molar-refractivity contribution in [1.29, 1.82) is 5.26 Å². The van der Waals surface area contributed by atoms with Gasteiger partial charge in [-0.3, -0.25) is 0 Å². The van der Waals surface area contributed by atoms with Crippen LogP contribution in [0.1, 0.15) is 25.7 Å². The zero-order valence-corrected chi connectivity index (χ0v) is 13.8. The minimum atomic E-state index is -0.486. The molecule has 6 heteroatoms. The first-order valence-corrected chi connectivity index (χ1v) is 7.96. The molecule has 2 aliphatic carbocycles. The van der Waals surface area contributed by atoms with Crippen molar-refractivity contribution in [2.45, 2.75) is 25.7 Å². The maximum Gasteiger partial charge on any atom is 0.339 e. The van der Waals surface area contributed by atoms with Crippen molar-refractivity contribution >= 4 is 11.9 Å². The van der Waals surface area contributed by atoms with E-state index in [4.69, 9.17) is 19.5 Å². The molecule has 0 saturated heterocycles. The summed E-state index contributed by atoms with van der Waals surface area (Å²) in [6.07, 6.45) is 10.1. The standard InChI is InChI=1S/C19H19NO5/c1-2-18(21)24-12-11-23-16-9-5-15(6-10-16)19(22)25-17-7-3-14(13-20)4-8-17/h2-3,5,7,9H,1,4,6,8,10-12H2. The Morgan fingerprint density at radius 2 is 1.84 bits per heavy atom. The summed E-state index contributed by atoms with van der Waals surface area (Å²) in [5.74, 6) is 0.430. The summed E-state index contributed by atoms with van der Waals surface area (Å²) in [7, 11) is 0. The van der Waals surface area contributed by atoms with Crippen LogP contribution < -0.4 is 0 Å². The SMILES string of the molecule is C=CC(=O)OCCOC1=CC=C(C(=O)OC2=CC=C(C#N)CC2)CC1. The molecule has 0 unspecified atom stereocenters. The molecule has 6 nitrogen and oxygen atoms in total. The largest absolute Gasteiger partial charge is 0.494 e. The Morgan fingerprint density at radius 1 is 1.08 bits per heavy atom. The third kappa shape index (κ3) is 5.81. The van der Waals surface area contributed by atoms with Crippen LogP contribution in [-0.2, 0) is 23.8 Å². The molecule has 0 radical (unpaired) electrons. The van der Waals surface area contributed by atoms with Crippen LogP contribution >= 0.6 is 0 Å². The summed E-state index contributed by atoms with van der Waals surface area (Å²) in [4.78, 5) is 23.0. The molecular formula is C19H19NO5. The van der Waals surface area contributed by atoms with Crippen molar-refractivity contribution in [3.05, 3.63) is 59.6 Å². The molecule has 2 aliphatic rings. The Kier molecular flexibility index (Phi) is 6.78. The lowest BCUT2D eigenvalue weighted by Crippen LogP contribution is -2.13. The lowest BCUT2D eigenvalue weighted by Gasteiger charge is -2.16. The number of carbonyl (C=O) groups excluding carboxylic acids is 2. The highest BCUT2D eigenvalue weighted by molar-refractivity contribution is 5.89. The fourth-order valence-corrected chi connectivity index (χ4v) is 2.26. The van der Waals surface area contributed by atoms with Crippen molar-refractivity contribution in [3.63, 3.8) is 0 Å². The summed E-state index contributed by atoms with van der Waals surface area (Å²) in [6.45, 7) is 3.70. The molecule has 0 aromatic rings. The van der Waals surface area contributed by atoms with Crippen LogP contribution in [0.25, 0.3) is 0 Å². The summed E-state index contributed by atoms with van der Waals surface area (Å²) >= 11 is 0. The summed E-state index contributed by atoms with van der Waals surface area (Å²) < 4.78 is 15.7. The third-order valence-corrected chi connectivity index (χ3v) is 3.63. The van der Waals surface area contributed by atoms with E-state index in [9.17, 15) is 9.59 Å². The van der Waals surface area contributed by atoms with Gasteiger partial charge >= 0.3 is 11.9 Å². The lowest BCUT2D eigenvalue weighted by atomic mass is 10.0. The van der Waals surface area contributed by atoms with E-state index in [0.29, 0.717) is 42.6 Å². The van der Waals surface area contributed by atoms with Crippen molar-refractivity contribution in [3.8, 4) is 6.07 Å². The molecule has 0 fully saturated rings. The van der Waals surface area contributed by atoms with Gasteiger partial charge < -0.3 is 14.2 Å². The second-order valence-corrected chi connectivity index (χ2v) is 5.37. The number of hydrogen-bond acceptors (Lipinski definition) is 6. The summed E-state index contributed by atoms with van der Waals surface area (Å²) in [5.41, 5.74) is 1.25. The highest BCUT2D eigenvalue weighted by Crippen LogP contribution is 2.24. The first-order valence-electron chi connectivity index (χ1n) is 7.96. The molecule has 2 rings (SSSR count). The predicted octanol–water partition coefficient (Wildman–Crippen LogP) is 3.01. The lowest BCUT2D eigenvalue weighted by molar-refractivity contribution is -0.139. The molecular weight excluding hydrogens is 322 g/mol. The molecule has 0 aromatic heterocycles. The van der Waals surface area contributed by atoms with Gasteiger partial charge in [-0.15, -0.1) is 0 Å². The highest BCUT2D eigenvalue weighted by atomic mass is 16.6. The van der Waals surface area contributed by atoms with Crippen LogP contribution in [0.2, 0.25) is 0 Å². The zero-order chi connectivity index (χ0) is 18.1. The minimum Gasteiger partial charge on any atom is -0.494 e. The molecule has 0 amide bonds.